The number of ether oxygens (including phenoxy) is 1. The molecule has 9 heteroatoms. The topological polar surface area (TPSA) is 108 Å². The van der Waals surface area contributed by atoms with Gasteiger partial charge in [0.15, 0.2) is 0 Å². The van der Waals surface area contributed by atoms with E-state index in [9.17, 15) is 19.7 Å². The smallest absolute Gasteiger partial charge is 0.455 e. The molecule has 2 amide bonds. The maximum atomic E-state index is 14.3. The number of phenols is 1. The van der Waals surface area contributed by atoms with Crippen LogP contribution in [-0.2, 0) is 14.2 Å². The summed E-state index contributed by atoms with van der Waals surface area (Å²) >= 11 is 0. The highest BCUT2D eigenvalue weighted by Crippen LogP contribution is 2.51. The molecule has 3 aliphatic rings. The fourth-order valence-corrected chi connectivity index (χ4v) is 7.93. The average molecular weight is 683 g/mol. The van der Waals surface area contributed by atoms with E-state index in [4.69, 9.17) is 9.39 Å². The zero-order valence-electron chi connectivity index (χ0n) is 28.8. The van der Waals surface area contributed by atoms with E-state index in [-0.39, 0.29) is 36.4 Å². The Morgan fingerprint density at radius 2 is 1.57 bits per heavy atom. The minimum atomic E-state index is -1.06. The molecule has 51 heavy (non-hydrogen) atoms. The van der Waals surface area contributed by atoms with Crippen LogP contribution in [-0.4, -0.2) is 41.8 Å². The van der Waals surface area contributed by atoms with Gasteiger partial charge in [-0.15, -0.1) is 0 Å². The summed E-state index contributed by atoms with van der Waals surface area (Å²) in [5, 5.41) is 24.2. The molecule has 8 nitrogen and oxygen atoms in total. The standard InChI is InChI=1S/C42H43BN2O6/c1-2-9-28(24-29-14-21-34(46)22-15-29)16-23-38-39-30(27-50-35-12-7-4-8-13-35)25-36-40(37(39)26-43(49)51-38)42(48)45(41(36)47)33-19-17-32(18-20-33)44-31-10-5-3-6-11-31/h3-8,10-15,17-22,24,36-38,40,44,46,49H,2,9,16,23,25-27H2,1H3/b28-24+/t36-,37+,38-,40-/m1/s1. The molecule has 7 rings (SSSR count). The summed E-state index contributed by atoms with van der Waals surface area (Å²) in [4.78, 5) is 29.9. The molecule has 2 saturated heterocycles. The number of nitrogens with zero attached hydrogens (tertiary/aromatic N) is 1. The Morgan fingerprint density at radius 3 is 2.27 bits per heavy atom. The van der Waals surface area contributed by atoms with Gasteiger partial charge >= 0.3 is 7.12 Å². The third kappa shape index (κ3) is 7.65. The van der Waals surface area contributed by atoms with E-state index in [1.165, 1.54) is 10.5 Å². The second-order valence-corrected chi connectivity index (χ2v) is 13.7. The number of aromatic hydroxyl groups is 1. The van der Waals surface area contributed by atoms with Crippen LogP contribution in [0.1, 0.15) is 44.6 Å². The summed E-state index contributed by atoms with van der Waals surface area (Å²) in [6, 6.07) is 33.9. The van der Waals surface area contributed by atoms with Crippen LogP contribution >= 0.6 is 0 Å². The molecule has 0 radical (unpaired) electrons. The van der Waals surface area contributed by atoms with Crippen molar-refractivity contribution in [2.24, 2.45) is 17.8 Å². The quantitative estimate of drug-likeness (QED) is 0.0786. The van der Waals surface area contributed by atoms with Crippen molar-refractivity contribution in [1.82, 2.24) is 0 Å². The molecule has 3 N–H and O–H groups in total. The molecule has 0 spiro atoms. The fourth-order valence-electron chi connectivity index (χ4n) is 7.93. The lowest BCUT2D eigenvalue weighted by molar-refractivity contribution is -0.122. The van der Waals surface area contributed by atoms with E-state index < -0.39 is 25.1 Å². The molecular weight excluding hydrogens is 639 g/mol. The molecule has 0 bridgehead atoms. The fraction of sp³-hybridized carbons (Fsp3) is 0.286. The van der Waals surface area contributed by atoms with Crippen molar-refractivity contribution in [2.45, 2.75) is 51.5 Å². The number of phenolic OH excluding ortho intramolecular Hbond substituents is 1. The largest absolute Gasteiger partial charge is 0.508 e. The zero-order valence-corrected chi connectivity index (χ0v) is 28.8. The van der Waals surface area contributed by atoms with Gasteiger partial charge in [0.05, 0.1) is 23.6 Å². The predicted octanol–water partition coefficient (Wildman–Crippen LogP) is 8.18. The average Bonchev–Trinajstić information content (AvgIpc) is 3.40. The van der Waals surface area contributed by atoms with E-state index in [0.717, 1.165) is 53.1 Å². The maximum absolute atomic E-state index is 14.3. The molecule has 2 heterocycles. The van der Waals surface area contributed by atoms with Gasteiger partial charge in [0, 0.05) is 11.4 Å². The number of anilines is 3. The second kappa shape index (κ2) is 15.4. The highest BCUT2D eigenvalue weighted by molar-refractivity contribution is 6.43. The summed E-state index contributed by atoms with van der Waals surface area (Å²) in [5.41, 5.74) is 6.53. The lowest BCUT2D eigenvalue weighted by atomic mass is 9.58. The number of nitrogens with one attached hydrogen (secondary N) is 1. The lowest BCUT2D eigenvalue weighted by Gasteiger charge is -2.43. The second-order valence-electron chi connectivity index (χ2n) is 13.7. The van der Waals surface area contributed by atoms with Gasteiger partial charge in [-0.1, -0.05) is 73.5 Å². The van der Waals surface area contributed by atoms with E-state index in [1.807, 2.05) is 97.1 Å². The van der Waals surface area contributed by atoms with Gasteiger partial charge in [0.1, 0.15) is 18.1 Å². The first kappa shape index (κ1) is 34.3. The molecular formula is C42H43BN2O6. The highest BCUT2D eigenvalue weighted by atomic mass is 16.5. The van der Waals surface area contributed by atoms with Gasteiger partial charge in [-0.3, -0.25) is 14.5 Å². The first-order chi connectivity index (χ1) is 24.9. The van der Waals surface area contributed by atoms with E-state index >= 15 is 0 Å². The third-order valence-corrected chi connectivity index (χ3v) is 10.2. The summed E-state index contributed by atoms with van der Waals surface area (Å²) in [7, 11) is -1.06. The molecule has 4 atom stereocenters. The highest BCUT2D eigenvalue weighted by Gasteiger charge is 2.57. The lowest BCUT2D eigenvalue weighted by Crippen LogP contribution is -2.46. The Kier molecular flexibility index (Phi) is 10.4. The number of benzene rings is 4. The van der Waals surface area contributed by atoms with E-state index in [0.29, 0.717) is 18.5 Å². The van der Waals surface area contributed by atoms with Crippen molar-refractivity contribution in [2.75, 3.05) is 16.8 Å². The summed E-state index contributed by atoms with van der Waals surface area (Å²) < 4.78 is 12.6. The molecule has 2 aliphatic heterocycles. The summed E-state index contributed by atoms with van der Waals surface area (Å²) in [6.45, 7) is 2.41. The molecule has 1 aliphatic carbocycles. The SMILES string of the molecule is CCC/C(=C\c1ccc(O)cc1)CC[C@H]1OB(O)C[C@H]2C1=C(COc1ccccc1)C[C@H]1C(=O)N(c3ccc(Nc4ccccc4)cc3)C(=O)[C@H]12. The number of hydrogen-bond acceptors (Lipinski definition) is 7. The minimum absolute atomic E-state index is 0.218. The molecule has 0 aromatic heterocycles. The Balaban J connectivity index is 1.17. The molecule has 2 fully saturated rings. The number of fused-ring (bicyclic) bond motifs is 3. The molecule has 4 aromatic carbocycles. The molecule has 0 unspecified atom stereocenters. The van der Waals surface area contributed by atoms with Crippen LogP contribution in [0.2, 0.25) is 6.32 Å². The first-order valence-corrected chi connectivity index (χ1v) is 17.9. The number of allylic oxidation sites excluding steroid dienone is 1. The maximum Gasteiger partial charge on any atom is 0.455 e. The minimum Gasteiger partial charge on any atom is -0.508 e. The van der Waals surface area contributed by atoms with Crippen LogP contribution in [0.15, 0.2) is 126 Å². The van der Waals surface area contributed by atoms with Gasteiger partial charge in [-0.25, -0.2) is 0 Å². The predicted molar refractivity (Wildman–Crippen MR) is 201 cm³/mol. The first-order valence-electron chi connectivity index (χ1n) is 17.9. The van der Waals surface area contributed by atoms with Crippen LogP contribution in [0.25, 0.3) is 6.08 Å². The Hall–Kier alpha value is -5.12. The van der Waals surface area contributed by atoms with Crippen LogP contribution in [0, 0.1) is 17.8 Å². The molecule has 260 valence electrons. The molecule has 4 aromatic rings. The Morgan fingerprint density at radius 1 is 0.882 bits per heavy atom. The number of rotatable bonds is 12. The van der Waals surface area contributed by atoms with Gasteiger partial charge in [0.25, 0.3) is 0 Å². The number of carbonyl (C=O) groups excluding carboxylic acids is 2. The van der Waals surface area contributed by atoms with Crippen LogP contribution < -0.4 is 15.0 Å². The van der Waals surface area contributed by atoms with Gasteiger partial charge in [-0.05, 0) is 115 Å². The van der Waals surface area contributed by atoms with Gasteiger partial charge in [-0.2, -0.15) is 0 Å². The van der Waals surface area contributed by atoms with Gasteiger partial charge < -0.3 is 24.8 Å². The van der Waals surface area contributed by atoms with Crippen molar-refractivity contribution in [3.05, 3.63) is 131 Å². The number of amides is 2. The number of carbonyl (C=O) groups is 2. The van der Waals surface area contributed by atoms with Crippen molar-refractivity contribution in [3.8, 4) is 11.5 Å². The Bertz CT molecular complexity index is 1900. The van der Waals surface area contributed by atoms with Crippen molar-refractivity contribution in [3.63, 3.8) is 0 Å². The van der Waals surface area contributed by atoms with Crippen molar-refractivity contribution >= 4 is 42.1 Å². The Labute approximate surface area is 299 Å². The van der Waals surface area contributed by atoms with Crippen molar-refractivity contribution < 1.29 is 29.1 Å². The van der Waals surface area contributed by atoms with E-state index in [2.05, 4.69) is 18.3 Å². The van der Waals surface area contributed by atoms with Crippen LogP contribution in [0.3, 0.4) is 0 Å². The van der Waals surface area contributed by atoms with Crippen LogP contribution in [0.4, 0.5) is 17.1 Å². The number of para-hydroxylation sites is 2. The molecule has 0 saturated carbocycles. The summed E-state index contributed by atoms with van der Waals surface area (Å²) in [5.74, 6) is -1.02. The summed E-state index contributed by atoms with van der Waals surface area (Å²) in [6.07, 6.45) is 5.55. The van der Waals surface area contributed by atoms with E-state index in [1.54, 1.807) is 12.1 Å². The normalized spacial score (nSPS) is 21.8. The number of hydrogen-bond donors (Lipinski definition) is 3. The number of imide groups is 1. The monoisotopic (exact) mass is 682 g/mol. The third-order valence-electron chi connectivity index (χ3n) is 10.2. The van der Waals surface area contributed by atoms with Crippen LogP contribution in [0.5, 0.6) is 11.5 Å². The van der Waals surface area contributed by atoms with Crippen molar-refractivity contribution in [1.29, 1.82) is 0 Å². The zero-order chi connectivity index (χ0) is 35.3. The van der Waals surface area contributed by atoms with Gasteiger partial charge in [0.2, 0.25) is 11.8 Å².